The second-order valence-corrected chi connectivity index (χ2v) is 7.65. The molecule has 0 aromatic carbocycles. The van der Waals surface area contributed by atoms with Crippen LogP contribution in [0.5, 0.6) is 0 Å². The monoisotopic (exact) mass is 304 g/mol. The summed E-state index contributed by atoms with van der Waals surface area (Å²) < 4.78 is 11.8. The average Bonchev–Trinajstić information content (AvgIpc) is 2.44. The van der Waals surface area contributed by atoms with Crippen molar-refractivity contribution in [2.45, 2.75) is 57.2 Å². The van der Waals surface area contributed by atoms with Gasteiger partial charge in [-0.15, -0.1) is 0 Å². The molecule has 4 heteroatoms. The highest BCUT2D eigenvalue weighted by Gasteiger charge is 2.71. The highest BCUT2D eigenvalue weighted by atomic mass is 16.6. The van der Waals surface area contributed by atoms with Gasteiger partial charge in [0.2, 0.25) is 0 Å². The Bertz CT molecular complexity index is 487. The molecule has 4 fully saturated rings. The molecule has 0 heterocycles. The number of rotatable bonds is 4. The Morgan fingerprint density at radius 2 is 1.27 bits per heavy atom. The van der Waals surface area contributed by atoms with Crippen LogP contribution in [0.2, 0.25) is 0 Å². The fourth-order valence-electron chi connectivity index (χ4n) is 5.31. The van der Waals surface area contributed by atoms with Crippen LogP contribution in [0.15, 0.2) is 25.3 Å². The van der Waals surface area contributed by atoms with Crippen molar-refractivity contribution in [1.29, 1.82) is 0 Å². The van der Waals surface area contributed by atoms with Crippen LogP contribution in [0, 0.1) is 17.3 Å². The van der Waals surface area contributed by atoms with Gasteiger partial charge < -0.3 is 9.47 Å². The Morgan fingerprint density at radius 3 is 1.59 bits per heavy atom. The summed E-state index contributed by atoms with van der Waals surface area (Å²) in [7, 11) is 0. The standard InChI is InChI=1S/C18H24O4/c1-5-14(19)21-17-8-12-7-13(9-17)11-18(10-12,16(17,3)4)22-15(20)6-2/h5-6,12-13H,1-2,7-11H2,3-4H3. The van der Waals surface area contributed by atoms with E-state index in [-0.39, 0.29) is 11.9 Å². The third-order valence-electron chi connectivity index (χ3n) is 6.34. The van der Waals surface area contributed by atoms with E-state index in [1.165, 1.54) is 12.2 Å². The van der Waals surface area contributed by atoms with Gasteiger partial charge in [0.15, 0.2) is 0 Å². The highest BCUT2D eigenvalue weighted by molar-refractivity contribution is 5.82. The lowest BCUT2D eigenvalue weighted by Crippen LogP contribution is -2.72. The predicted octanol–water partition coefficient (Wildman–Crippen LogP) is 3.17. The quantitative estimate of drug-likeness (QED) is 0.591. The molecule has 4 rings (SSSR count). The molecule has 4 aliphatic rings. The molecule has 0 amide bonds. The minimum Gasteiger partial charge on any atom is -0.455 e. The molecule has 0 radical (unpaired) electrons. The summed E-state index contributed by atoms with van der Waals surface area (Å²) in [6.07, 6.45) is 6.98. The summed E-state index contributed by atoms with van der Waals surface area (Å²) in [6.45, 7) is 11.2. The van der Waals surface area contributed by atoms with Crippen LogP contribution in [0.1, 0.15) is 46.0 Å². The van der Waals surface area contributed by atoms with Crippen LogP contribution >= 0.6 is 0 Å². The summed E-state index contributed by atoms with van der Waals surface area (Å²) in [5, 5.41) is 0. The van der Waals surface area contributed by atoms with Gasteiger partial charge in [-0.2, -0.15) is 0 Å². The maximum Gasteiger partial charge on any atom is 0.330 e. The first-order valence-electron chi connectivity index (χ1n) is 7.98. The number of hydrogen-bond acceptors (Lipinski definition) is 4. The predicted molar refractivity (Wildman–Crippen MR) is 81.9 cm³/mol. The highest BCUT2D eigenvalue weighted by Crippen LogP contribution is 2.68. The van der Waals surface area contributed by atoms with Gasteiger partial charge in [0.25, 0.3) is 0 Å². The Labute approximate surface area is 131 Å². The van der Waals surface area contributed by atoms with Crippen molar-refractivity contribution < 1.29 is 19.1 Å². The largest absolute Gasteiger partial charge is 0.455 e. The Balaban J connectivity index is 2.02. The molecule has 0 spiro atoms. The van der Waals surface area contributed by atoms with Crippen LogP contribution in [-0.4, -0.2) is 23.1 Å². The number of carbonyl (C=O) groups is 2. The summed E-state index contributed by atoms with van der Waals surface area (Å²) in [4.78, 5) is 23.8. The van der Waals surface area contributed by atoms with Crippen LogP contribution in [0.25, 0.3) is 0 Å². The van der Waals surface area contributed by atoms with Gasteiger partial charge in [-0.25, -0.2) is 9.59 Å². The lowest BCUT2D eigenvalue weighted by Gasteiger charge is -2.68. The van der Waals surface area contributed by atoms with Crippen molar-refractivity contribution in [3.05, 3.63) is 25.3 Å². The van der Waals surface area contributed by atoms with Crippen LogP contribution in [0.4, 0.5) is 0 Å². The van der Waals surface area contributed by atoms with Crippen LogP contribution < -0.4 is 0 Å². The number of hydrogen-bond donors (Lipinski definition) is 0. The molecule has 0 saturated heterocycles. The molecule has 0 aliphatic heterocycles. The van der Waals surface area contributed by atoms with Gasteiger partial charge in [0.1, 0.15) is 11.2 Å². The molecule has 120 valence electrons. The minimum absolute atomic E-state index is 0.389. The van der Waals surface area contributed by atoms with Crippen molar-refractivity contribution in [3.8, 4) is 0 Å². The summed E-state index contributed by atoms with van der Waals surface area (Å²) in [6, 6.07) is 0. The van der Waals surface area contributed by atoms with E-state index in [1.54, 1.807) is 0 Å². The minimum atomic E-state index is -0.566. The van der Waals surface area contributed by atoms with Gasteiger partial charge in [-0.3, -0.25) is 0 Å². The molecule has 0 aromatic rings. The molecule has 0 unspecified atom stereocenters. The third kappa shape index (κ3) is 1.89. The molecule has 22 heavy (non-hydrogen) atoms. The summed E-state index contributed by atoms with van der Waals surface area (Å²) in [5.41, 5.74) is -1.56. The van der Waals surface area contributed by atoms with Crippen LogP contribution in [0.3, 0.4) is 0 Å². The van der Waals surface area contributed by atoms with Crippen molar-refractivity contribution in [2.24, 2.45) is 17.3 Å². The topological polar surface area (TPSA) is 52.6 Å². The number of carbonyl (C=O) groups excluding carboxylic acids is 2. The van der Waals surface area contributed by atoms with Crippen molar-refractivity contribution >= 4 is 11.9 Å². The first-order valence-corrected chi connectivity index (χ1v) is 7.98. The maximum absolute atomic E-state index is 11.9. The van der Waals surface area contributed by atoms with E-state index >= 15 is 0 Å². The van der Waals surface area contributed by atoms with E-state index in [9.17, 15) is 9.59 Å². The normalized spacial score (nSPS) is 40.8. The van der Waals surface area contributed by atoms with E-state index in [4.69, 9.17) is 9.47 Å². The zero-order valence-corrected chi connectivity index (χ0v) is 13.4. The SMILES string of the molecule is C=CC(=O)OC12CC3CC(C1)CC(OC(=O)C=C)(C3)C2(C)C. The average molecular weight is 304 g/mol. The first-order chi connectivity index (χ1) is 10.3. The number of ether oxygens (including phenoxy) is 2. The zero-order chi connectivity index (χ0) is 16.2. The molecule has 0 N–H and O–H groups in total. The third-order valence-corrected chi connectivity index (χ3v) is 6.34. The Kier molecular flexibility index (Phi) is 3.28. The molecule has 4 aliphatic carbocycles. The fraction of sp³-hybridized carbons (Fsp3) is 0.667. The Morgan fingerprint density at radius 1 is 0.909 bits per heavy atom. The Hall–Kier alpha value is -1.58. The molecular formula is C18H24O4. The van der Waals surface area contributed by atoms with Crippen molar-refractivity contribution in [2.75, 3.05) is 0 Å². The van der Waals surface area contributed by atoms with Gasteiger partial charge in [0.05, 0.1) is 0 Å². The van der Waals surface area contributed by atoms with Gasteiger partial charge >= 0.3 is 11.9 Å². The fourth-order valence-corrected chi connectivity index (χ4v) is 5.31. The van der Waals surface area contributed by atoms with Crippen molar-refractivity contribution in [3.63, 3.8) is 0 Å². The lowest BCUT2D eigenvalue weighted by molar-refractivity contribution is -0.293. The molecule has 0 aromatic heterocycles. The van der Waals surface area contributed by atoms with Crippen molar-refractivity contribution in [1.82, 2.24) is 0 Å². The molecule has 4 saturated carbocycles. The zero-order valence-electron chi connectivity index (χ0n) is 13.4. The van der Waals surface area contributed by atoms with Crippen LogP contribution in [-0.2, 0) is 19.1 Å². The van der Waals surface area contributed by atoms with Gasteiger partial charge in [-0.1, -0.05) is 27.0 Å². The van der Waals surface area contributed by atoms with E-state index in [2.05, 4.69) is 27.0 Å². The summed E-state index contributed by atoms with van der Waals surface area (Å²) >= 11 is 0. The van der Waals surface area contributed by atoms with E-state index in [1.807, 2.05) is 0 Å². The molecule has 4 nitrogen and oxygen atoms in total. The van der Waals surface area contributed by atoms with E-state index in [0.717, 1.165) is 32.1 Å². The van der Waals surface area contributed by atoms with E-state index < -0.39 is 16.6 Å². The molecule has 0 atom stereocenters. The second-order valence-electron chi connectivity index (χ2n) is 7.65. The number of esters is 2. The lowest BCUT2D eigenvalue weighted by atomic mass is 9.42. The maximum atomic E-state index is 11.9. The first kappa shape index (κ1) is 15.3. The van der Waals surface area contributed by atoms with E-state index in [0.29, 0.717) is 11.8 Å². The second kappa shape index (κ2) is 4.71. The van der Waals surface area contributed by atoms with Gasteiger partial charge in [0, 0.05) is 17.6 Å². The molecule has 4 bridgehead atoms. The molecular weight excluding hydrogens is 280 g/mol. The summed E-state index contributed by atoms with van der Waals surface area (Å²) in [5.74, 6) is 0.104. The smallest absolute Gasteiger partial charge is 0.330 e. The van der Waals surface area contributed by atoms with Gasteiger partial charge in [-0.05, 0) is 43.9 Å².